The van der Waals surface area contributed by atoms with Crippen LogP contribution in [0.25, 0.3) is 0 Å². The quantitative estimate of drug-likeness (QED) is 0.632. The highest BCUT2D eigenvalue weighted by molar-refractivity contribution is 7.09. The lowest BCUT2D eigenvalue weighted by atomic mass is 10.2. The number of guanidine groups is 1. The second-order valence-electron chi connectivity index (χ2n) is 4.62. The first-order valence-corrected chi connectivity index (χ1v) is 7.63. The van der Waals surface area contributed by atoms with E-state index in [1.54, 1.807) is 18.4 Å². The van der Waals surface area contributed by atoms with Crippen molar-refractivity contribution in [3.8, 4) is 0 Å². The first-order chi connectivity index (χ1) is 9.28. The Hall–Kier alpha value is -1.14. The van der Waals surface area contributed by atoms with Crippen molar-refractivity contribution in [1.29, 1.82) is 0 Å². The summed E-state index contributed by atoms with van der Waals surface area (Å²) in [7, 11) is 1.79. The number of aliphatic imine (C=N–C) groups is 1. The molecule has 1 aromatic heterocycles. The van der Waals surface area contributed by atoms with Gasteiger partial charge in [0.15, 0.2) is 5.96 Å². The molecule has 2 heterocycles. The largest absolute Gasteiger partial charge is 0.376 e. The molecule has 1 unspecified atom stereocenters. The molecule has 19 heavy (non-hydrogen) atoms. The Balaban J connectivity index is 1.64. The van der Waals surface area contributed by atoms with E-state index in [9.17, 15) is 0 Å². The predicted molar refractivity (Wildman–Crippen MR) is 78.9 cm³/mol. The monoisotopic (exact) mass is 282 g/mol. The Morgan fingerprint density at radius 3 is 3.11 bits per heavy atom. The second kappa shape index (κ2) is 7.45. The fourth-order valence-electron chi connectivity index (χ4n) is 2.07. The number of nitrogens with zero attached hydrogens (tertiary/aromatic N) is 2. The molecular formula is C13H22N4OS. The van der Waals surface area contributed by atoms with Crippen molar-refractivity contribution in [3.05, 3.63) is 16.1 Å². The Labute approximate surface area is 118 Å². The minimum absolute atomic E-state index is 0.333. The summed E-state index contributed by atoms with van der Waals surface area (Å²) in [5.74, 6) is 0.836. The maximum atomic E-state index is 5.57. The minimum atomic E-state index is 0.333. The predicted octanol–water partition coefficient (Wildman–Crippen LogP) is 1.34. The molecule has 1 fully saturated rings. The zero-order chi connectivity index (χ0) is 13.5. The molecule has 0 spiro atoms. The van der Waals surface area contributed by atoms with Crippen LogP contribution in [-0.2, 0) is 11.2 Å². The number of ether oxygens (including phenoxy) is 1. The van der Waals surface area contributed by atoms with Crippen LogP contribution in [0.4, 0.5) is 0 Å². The van der Waals surface area contributed by atoms with Crippen molar-refractivity contribution in [1.82, 2.24) is 15.6 Å². The number of thiazole rings is 1. The first-order valence-electron chi connectivity index (χ1n) is 6.75. The lowest BCUT2D eigenvalue weighted by Gasteiger charge is -2.14. The summed E-state index contributed by atoms with van der Waals surface area (Å²) >= 11 is 1.69. The molecule has 2 rings (SSSR count). The van der Waals surface area contributed by atoms with Gasteiger partial charge in [0, 0.05) is 38.5 Å². The number of hydrogen-bond acceptors (Lipinski definition) is 4. The number of nitrogens with one attached hydrogen (secondary N) is 2. The maximum absolute atomic E-state index is 5.57. The van der Waals surface area contributed by atoms with Crippen molar-refractivity contribution < 1.29 is 4.74 Å². The Kier molecular flexibility index (Phi) is 5.60. The molecule has 0 amide bonds. The lowest BCUT2D eigenvalue weighted by molar-refractivity contribution is 0.114. The zero-order valence-electron chi connectivity index (χ0n) is 11.6. The van der Waals surface area contributed by atoms with E-state index >= 15 is 0 Å². The number of hydrogen-bond donors (Lipinski definition) is 2. The van der Waals surface area contributed by atoms with Crippen molar-refractivity contribution in [2.24, 2.45) is 4.99 Å². The van der Waals surface area contributed by atoms with E-state index in [2.05, 4.69) is 26.0 Å². The topological polar surface area (TPSA) is 58.5 Å². The van der Waals surface area contributed by atoms with Crippen LogP contribution in [0.5, 0.6) is 0 Å². The van der Waals surface area contributed by atoms with Gasteiger partial charge < -0.3 is 15.4 Å². The van der Waals surface area contributed by atoms with Crippen LogP contribution in [-0.4, -0.2) is 43.8 Å². The lowest BCUT2D eigenvalue weighted by Crippen LogP contribution is -2.41. The van der Waals surface area contributed by atoms with Gasteiger partial charge >= 0.3 is 0 Å². The normalized spacial score (nSPS) is 19.7. The standard InChI is InChI=1S/C13H22N4OS/c1-10-17-11(9-19-10)5-6-15-13(14-2)16-8-12-4-3-7-18-12/h9,12H,3-8H2,1-2H3,(H2,14,15,16). The minimum Gasteiger partial charge on any atom is -0.376 e. The third kappa shape index (κ3) is 4.80. The molecule has 0 radical (unpaired) electrons. The third-order valence-electron chi connectivity index (χ3n) is 3.08. The molecule has 1 saturated heterocycles. The Morgan fingerprint density at radius 2 is 2.47 bits per heavy atom. The molecule has 1 aliphatic heterocycles. The van der Waals surface area contributed by atoms with Crippen LogP contribution in [0.3, 0.4) is 0 Å². The van der Waals surface area contributed by atoms with E-state index in [4.69, 9.17) is 4.74 Å². The molecular weight excluding hydrogens is 260 g/mol. The summed E-state index contributed by atoms with van der Waals surface area (Å²) < 4.78 is 5.57. The molecule has 2 N–H and O–H groups in total. The van der Waals surface area contributed by atoms with Gasteiger partial charge in [0.25, 0.3) is 0 Å². The van der Waals surface area contributed by atoms with Gasteiger partial charge in [0.1, 0.15) is 0 Å². The van der Waals surface area contributed by atoms with Crippen LogP contribution in [0.1, 0.15) is 23.5 Å². The average molecular weight is 282 g/mol. The van der Waals surface area contributed by atoms with Gasteiger partial charge in [0.2, 0.25) is 0 Å². The SMILES string of the molecule is CN=C(NCCc1csc(C)n1)NCC1CCCO1. The average Bonchev–Trinajstić information content (AvgIpc) is 3.05. The highest BCUT2D eigenvalue weighted by Gasteiger charge is 2.15. The molecule has 6 heteroatoms. The van der Waals surface area contributed by atoms with Crippen LogP contribution >= 0.6 is 11.3 Å². The van der Waals surface area contributed by atoms with Gasteiger partial charge in [-0.1, -0.05) is 0 Å². The maximum Gasteiger partial charge on any atom is 0.191 e. The van der Waals surface area contributed by atoms with Gasteiger partial charge in [-0.25, -0.2) is 4.98 Å². The summed E-state index contributed by atoms with van der Waals surface area (Å²) in [5.41, 5.74) is 1.14. The van der Waals surface area contributed by atoms with E-state index in [1.165, 1.54) is 6.42 Å². The highest BCUT2D eigenvalue weighted by atomic mass is 32.1. The van der Waals surface area contributed by atoms with E-state index in [0.717, 1.165) is 49.2 Å². The van der Waals surface area contributed by atoms with E-state index in [1.807, 2.05) is 6.92 Å². The zero-order valence-corrected chi connectivity index (χ0v) is 12.4. The van der Waals surface area contributed by atoms with Gasteiger partial charge in [-0.3, -0.25) is 4.99 Å². The summed E-state index contributed by atoms with van der Waals surface area (Å²) in [4.78, 5) is 8.65. The van der Waals surface area contributed by atoms with Gasteiger partial charge in [-0.2, -0.15) is 0 Å². The third-order valence-corrected chi connectivity index (χ3v) is 3.91. The Morgan fingerprint density at radius 1 is 1.58 bits per heavy atom. The second-order valence-corrected chi connectivity index (χ2v) is 5.69. The van der Waals surface area contributed by atoms with Crippen LogP contribution in [0, 0.1) is 6.92 Å². The summed E-state index contributed by atoms with van der Waals surface area (Å²) in [6.07, 6.45) is 3.56. The van der Waals surface area contributed by atoms with E-state index < -0.39 is 0 Å². The molecule has 1 aliphatic rings. The molecule has 5 nitrogen and oxygen atoms in total. The molecule has 0 saturated carbocycles. The summed E-state index contributed by atoms with van der Waals surface area (Å²) in [5, 5.41) is 9.83. The molecule has 0 aliphatic carbocycles. The highest BCUT2D eigenvalue weighted by Crippen LogP contribution is 2.10. The number of rotatable bonds is 5. The van der Waals surface area contributed by atoms with Gasteiger partial charge in [0.05, 0.1) is 16.8 Å². The Bertz CT molecular complexity index is 413. The fourth-order valence-corrected chi connectivity index (χ4v) is 2.72. The van der Waals surface area contributed by atoms with Crippen molar-refractivity contribution >= 4 is 17.3 Å². The van der Waals surface area contributed by atoms with E-state index in [-0.39, 0.29) is 0 Å². The number of aryl methyl sites for hydroxylation is 1. The molecule has 106 valence electrons. The fraction of sp³-hybridized carbons (Fsp3) is 0.692. The molecule has 1 aromatic rings. The molecule has 1 atom stereocenters. The van der Waals surface area contributed by atoms with Crippen LogP contribution in [0.15, 0.2) is 10.4 Å². The van der Waals surface area contributed by atoms with Crippen molar-refractivity contribution in [2.45, 2.75) is 32.3 Å². The van der Waals surface area contributed by atoms with Crippen molar-refractivity contribution in [3.63, 3.8) is 0 Å². The smallest absolute Gasteiger partial charge is 0.191 e. The summed E-state index contributed by atoms with van der Waals surface area (Å²) in [6.45, 7) is 4.59. The van der Waals surface area contributed by atoms with Crippen LogP contribution < -0.4 is 10.6 Å². The van der Waals surface area contributed by atoms with E-state index in [0.29, 0.717) is 6.10 Å². The molecule has 0 bridgehead atoms. The first kappa shape index (κ1) is 14.3. The molecule has 0 aromatic carbocycles. The van der Waals surface area contributed by atoms with Gasteiger partial charge in [-0.05, 0) is 19.8 Å². The van der Waals surface area contributed by atoms with Gasteiger partial charge in [-0.15, -0.1) is 11.3 Å². The summed E-state index contributed by atoms with van der Waals surface area (Å²) in [6, 6.07) is 0. The van der Waals surface area contributed by atoms with Crippen LogP contribution in [0.2, 0.25) is 0 Å². The number of aromatic nitrogens is 1. The van der Waals surface area contributed by atoms with Crippen molar-refractivity contribution in [2.75, 3.05) is 26.7 Å².